The summed E-state index contributed by atoms with van der Waals surface area (Å²) in [5, 5.41) is 8.96. The highest BCUT2D eigenvalue weighted by Crippen LogP contribution is 2.13. The molecule has 3 heteroatoms. The largest absolute Gasteiger partial charge is 0.382 e. The van der Waals surface area contributed by atoms with Crippen molar-refractivity contribution in [1.29, 1.82) is 5.26 Å². The van der Waals surface area contributed by atoms with Crippen molar-refractivity contribution in [3.8, 4) is 6.07 Å². The van der Waals surface area contributed by atoms with Gasteiger partial charge in [0.25, 0.3) is 0 Å². The van der Waals surface area contributed by atoms with Crippen LogP contribution < -0.4 is 0 Å². The Hall–Kier alpha value is -2.08. The summed E-state index contributed by atoms with van der Waals surface area (Å²) in [5.41, 5.74) is 2.90. The lowest BCUT2D eigenvalue weighted by atomic mass is 10.0. The van der Waals surface area contributed by atoms with Gasteiger partial charge in [-0.25, -0.2) is 0 Å². The van der Waals surface area contributed by atoms with Gasteiger partial charge in [0.05, 0.1) is 0 Å². The molecule has 0 aliphatic rings. The van der Waals surface area contributed by atoms with Crippen molar-refractivity contribution < 1.29 is 4.79 Å². The first-order chi connectivity index (χ1) is 7.95. The van der Waals surface area contributed by atoms with E-state index in [1.165, 1.54) is 6.20 Å². The molecule has 1 aromatic carbocycles. The van der Waals surface area contributed by atoms with Crippen LogP contribution in [0.1, 0.15) is 21.5 Å². The second-order valence-electron chi connectivity index (χ2n) is 4.25. The number of hydrogen-bond donors (Lipinski definition) is 0. The van der Waals surface area contributed by atoms with E-state index in [-0.39, 0.29) is 11.4 Å². The molecule has 0 saturated heterocycles. The van der Waals surface area contributed by atoms with Gasteiger partial charge in [0.2, 0.25) is 5.78 Å². The molecular formula is C14H16N2O. The van der Waals surface area contributed by atoms with Gasteiger partial charge in [-0.3, -0.25) is 4.79 Å². The molecule has 0 heterocycles. The Morgan fingerprint density at radius 3 is 2.41 bits per heavy atom. The zero-order valence-corrected chi connectivity index (χ0v) is 10.6. The van der Waals surface area contributed by atoms with Gasteiger partial charge in [-0.1, -0.05) is 12.1 Å². The van der Waals surface area contributed by atoms with Crippen LogP contribution in [0.25, 0.3) is 0 Å². The summed E-state index contributed by atoms with van der Waals surface area (Å²) in [6.07, 6.45) is 1.54. The van der Waals surface area contributed by atoms with Gasteiger partial charge in [-0.2, -0.15) is 5.26 Å². The fourth-order valence-corrected chi connectivity index (χ4v) is 1.43. The predicted octanol–water partition coefficient (Wildman–Crippen LogP) is 2.46. The van der Waals surface area contributed by atoms with Crippen LogP contribution in [0, 0.1) is 25.2 Å². The van der Waals surface area contributed by atoms with E-state index in [2.05, 4.69) is 0 Å². The van der Waals surface area contributed by atoms with E-state index in [4.69, 9.17) is 5.26 Å². The highest BCUT2D eigenvalue weighted by Gasteiger charge is 2.12. The van der Waals surface area contributed by atoms with Crippen molar-refractivity contribution in [2.45, 2.75) is 13.8 Å². The van der Waals surface area contributed by atoms with Gasteiger partial charge in [0.1, 0.15) is 11.6 Å². The molecule has 1 rings (SSSR count). The van der Waals surface area contributed by atoms with E-state index in [1.807, 2.05) is 32.0 Å². The van der Waals surface area contributed by atoms with E-state index >= 15 is 0 Å². The van der Waals surface area contributed by atoms with E-state index in [0.717, 1.165) is 11.1 Å². The molecule has 0 radical (unpaired) electrons. The highest BCUT2D eigenvalue weighted by molar-refractivity contribution is 6.11. The third kappa shape index (κ3) is 3.18. The number of benzene rings is 1. The van der Waals surface area contributed by atoms with Crippen molar-refractivity contribution in [3.05, 3.63) is 46.7 Å². The molecule has 0 atom stereocenters. The molecular weight excluding hydrogens is 212 g/mol. The van der Waals surface area contributed by atoms with Crippen LogP contribution in [-0.2, 0) is 0 Å². The Morgan fingerprint density at radius 2 is 1.94 bits per heavy atom. The maximum Gasteiger partial charge on any atom is 0.205 e. The third-order valence-corrected chi connectivity index (χ3v) is 2.52. The molecule has 0 spiro atoms. The Morgan fingerprint density at radius 1 is 1.29 bits per heavy atom. The predicted molar refractivity (Wildman–Crippen MR) is 67.6 cm³/mol. The quantitative estimate of drug-likeness (QED) is 0.453. The normalized spacial score (nSPS) is 10.9. The van der Waals surface area contributed by atoms with Gasteiger partial charge >= 0.3 is 0 Å². The van der Waals surface area contributed by atoms with Crippen molar-refractivity contribution >= 4 is 5.78 Å². The number of nitriles is 1. The number of nitrogens with zero attached hydrogens (tertiary/aromatic N) is 2. The van der Waals surface area contributed by atoms with Crippen molar-refractivity contribution in [3.63, 3.8) is 0 Å². The number of allylic oxidation sites excluding steroid dienone is 1. The lowest BCUT2D eigenvalue weighted by molar-refractivity contribution is 0.103. The summed E-state index contributed by atoms with van der Waals surface area (Å²) >= 11 is 0. The smallest absolute Gasteiger partial charge is 0.205 e. The van der Waals surface area contributed by atoms with Gasteiger partial charge < -0.3 is 4.90 Å². The number of rotatable bonds is 3. The third-order valence-electron chi connectivity index (χ3n) is 2.52. The summed E-state index contributed by atoms with van der Waals surface area (Å²) in [5.74, 6) is -0.232. The second-order valence-corrected chi connectivity index (χ2v) is 4.25. The average molecular weight is 228 g/mol. The van der Waals surface area contributed by atoms with Gasteiger partial charge in [0.15, 0.2) is 0 Å². The monoisotopic (exact) mass is 228 g/mol. The van der Waals surface area contributed by atoms with Crippen LogP contribution >= 0.6 is 0 Å². The number of ketones is 1. The SMILES string of the molecule is Cc1ccc(C(=O)/C(C#N)=C/N(C)C)cc1C. The highest BCUT2D eigenvalue weighted by atomic mass is 16.1. The van der Waals surface area contributed by atoms with Crippen molar-refractivity contribution in [2.24, 2.45) is 0 Å². The minimum absolute atomic E-state index is 0.151. The molecule has 17 heavy (non-hydrogen) atoms. The number of hydrogen-bond acceptors (Lipinski definition) is 3. The summed E-state index contributed by atoms with van der Waals surface area (Å²) < 4.78 is 0. The first-order valence-electron chi connectivity index (χ1n) is 5.36. The summed E-state index contributed by atoms with van der Waals surface area (Å²) in [4.78, 5) is 13.7. The fraction of sp³-hybridized carbons (Fsp3) is 0.286. The Kier molecular flexibility index (Phi) is 4.06. The van der Waals surface area contributed by atoms with Gasteiger partial charge in [-0.05, 0) is 31.0 Å². The molecule has 0 N–H and O–H groups in total. The van der Waals surface area contributed by atoms with Crippen LogP contribution in [-0.4, -0.2) is 24.8 Å². The van der Waals surface area contributed by atoms with Gasteiger partial charge in [-0.15, -0.1) is 0 Å². The maximum absolute atomic E-state index is 12.1. The van der Waals surface area contributed by atoms with Crippen LogP contribution in [0.3, 0.4) is 0 Å². The zero-order valence-electron chi connectivity index (χ0n) is 10.6. The summed E-state index contributed by atoms with van der Waals surface area (Å²) in [6, 6.07) is 7.41. The lowest BCUT2D eigenvalue weighted by Crippen LogP contribution is -2.09. The molecule has 1 aromatic rings. The molecule has 0 unspecified atom stereocenters. The minimum atomic E-state index is -0.232. The average Bonchev–Trinajstić information content (AvgIpc) is 2.28. The number of carbonyl (C=O) groups is 1. The Labute approximate surface area is 102 Å². The number of aryl methyl sites for hydroxylation is 2. The minimum Gasteiger partial charge on any atom is -0.382 e. The van der Waals surface area contributed by atoms with Crippen molar-refractivity contribution in [2.75, 3.05) is 14.1 Å². The van der Waals surface area contributed by atoms with Crippen LogP contribution in [0.15, 0.2) is 30.0 Å². The maximum atomic E-state index is 12.1. The van der Waals surface area contributed by atoms with Crippen LogP contribution in [0.4, 0.5) is 0 Å². The fourth-order valence-electron chi connectivity index (χ4n) is 1.43. The number of carbonyl (C=O) groups excluding carboxylic acids is 1. The number of Topliss-reactive ketones (excluding diaryl/α,β-unsaturated/α-hetero) is 1. The first-order valence-corrected chi connectivity index (χ1v) is 5.36. The second kappa shape index (κ2) is 5.31. The molecule has 0 bridgehead atoms. The standard InChI is InChI=1S/C14H16N2O/c1-10-5-6-12(7-11(10)2)14(17)13(8-15)9-16(3)4/h5-7,9H,1-4H3/b13-9+. The van der Waals surface area contributed by atoms with Gasteiger partial charge in [0, 0.05) is 25.9 Å². The van der Waals surface area contributed by atoms with Crippen LogP contribution in [0.2, 0.25) is 0 Å². The molecule has 0 fully saturated rings. The first kappa shape index (κ1) is 13.0. The van der Waals surface area contributed by atoms with E-state index in [9.17, 15) is 4.79 Å². The zero-order chi connectivity index (χ0) is 13.0. The Bertz CT molecular complexity index is 507. The summed E-state index contributed by atoms with van der Waals surface area (Å²) in [7, 11) is 3.57. The van der Waals surface area contributed by atoms with Crippen molar-refractivity contribution in [1.82, 2.24) is 4.90 Å². The van der Waals surface area contributed by atoms with E-state index < -0.39 is 0 Å². The van der Waals surface area contributed by atoms with E-state index in [0.29, 0.717) is 5.56 Å². The molecule has 0 amide bonds. The summed E-state index contributed by atoms with van der Waals surface area (Å²) in [6.45, 7) is 3.94. The van der Waals surface area contributed by atoms with Crippen LogP contribution in [0.5, 0.6) is 0 Å². The molecule has 0 aliphatic carbocycles. The molecule has 88 valence electrons. The molecule has 0 aromatic heterocycles. The lowest BCUT2D eigenvalue weighted by Gasteiger charge is -2.07. The Balaban J connectivity index is 3.12. The topological polar surface area (TPSA) is 44.1 Å². The molecule has 0 saturated carbocycles. The van der Waals surface area contributed by atoms with E-state index in [1.54, 1.807) is 25.1 Å². The molecule has 0 aliphatic heterocycles. The molecule has 3 nitrogen and oxygen atoms in total.